The number of ketones is 1. The standard InChI is InChI=1S/C23H25F2N7O.C2H6/c1-13(2)31-12-16(33)9-17-18(24)6-14(7-20(17)31)22-19(25)10-26-23(28-22)27-21-8-15-11-30(3)4-5-32(15)29-21;1-2/h6-8,10,13H,4-5,9,11-12H2,1-3H3,(H,26,27,28,29);1-2H3. The van der Waals surface area contributed by atoms with Gasteiger partial charge < -0.3 is 10.2 Å². The van der Waals surface area contributed by atoms with Gasteiger partial charge in [0.05, 0.1) is 25.0 Å². The molecule has 35 heavy (non-hydrogen) atoms. The fourth-order valence-corrected chi connectivity index (χ4v) is 4.38. The van der Waals surface area contributed by atoms with Crippen molar-refractivity contribution in [1.29, 1.82) is 0 Å². The van der Waals surface area contributed by atoms with Crippen LogP contribution in [0.3, 0.4) is 0 Å². The molecule has 3 aromatic rings. The highest BCUT2D eigenvalue weighted by Gasteiger charge is 2.28. The number of fused-ring (bicyclic) bond motifs is 2. The van der Waals surface area contributed by atoms with Gasteiger partial charge in [-0.2, -0.15) is 5.10 Å². The van der Waals surface area contributed by atoms with Crippen LogP contribution in [0.4, 0.5) is 26.2 Å². The Morgan fingerprint density at radius 3 is 2.57 bits per heavy atom. The van der Waals surface area contributed by atoms with E-state index in [0.29, 0.717) is 22.6 Å². The predicted molar refractivity (Wildman–Crippen MR) is 132 cm³/mol. The number of hydrogen-bond donors (Lipinski definition) is 1. The van der Waals surface area contributed by atoms with E-state index in [1.54, 1.807) is 6.07 Å². The molecule has 0 atom stereocenters. The van der Waals surface area contributed by atoms with Gasteiger partial charge in [-0.15, -0.1) is 0 Å². The number of nitrogens with one attached hydrogen (secondary N) is 1. The number of nitrogens with zero attached hydrogens (tertiary/aromatic N) is 6. The quantitative estimate of drug-likeness (QED) is 0.597. The highest BCUT2D eigenvalue weighted by molar-refractivity contribution is 5.91. The minimum absolute atomic E-state index is 0.0129. The summed E-state index contributed by atoms with van der Waals surface area (Å²) in [5.74, 6) is -0.507. The van der Waals surface area contributed by atoms with Crippen molar-refractivity contribution in [3.63, 3.8) is 0 Å². The first kappa shape index (κ1) is 24.7. The Morgan fingerprint density at radius 1 is 1.06 bits per heavy atom. The van der Waals surface area contributed by atoms with Gasteiger partial charge in [-0.1, -0.05) is 13.8 Å². The van der Waals surface area contributed by atoms with Crippen molar-refractivity contribution < 1.29 is 13.6 Å². The van der Waals surface area contributed by atoms with Crippen LogP contribution < -0.4 is 10.2 Å². The average Bonchev–Trinajstić information content (AvgIpc) is 3.22. The molecule has 0 fully saturated rings. The van der Waals surface area contributed by atoms with Gasteiger partial charge in [-0.05, 0) is 33.0 Å². The first-order valence-electron chi connectivity index (χ1n) is 11.9. The minimum atomic E-state index is -0.659. The summed E-state index contributed by atoms with van der Waals surface area (Å²) in [6.07, 6.45) is 1.10. The molecule has 2 aliphatic rings. The Bertz CT molecular complexity index is 1240. The summed E-state index contributed by atoms with van der Waals surface area (Å²) in [4.78, 5) is 24.5. The second-order valence-electron chi connectivity index (χ2n) is 8.89. The van der Waals surface area contributed by atoms with Gasteiger partial charge in [0.1, 0.15) is 11.5 Å². The van der Waals surface area contributed by atoms with Gasteiger partial charge in [0, 0.05) is 48.4 Å². The fraction of sp³-hybridized carbons (Fsp3) is 0.440. The lowest BCUT2D eigenvalue weighted by Gasteiger charge is -2.34. The SMILES string of the molecule is CC.CC(C)N1CC(=O)Cc2c(F)cc(-c3nc(Nc4cc5n(n4)CCN(C)C5)ncc3F)cc21. The van der Waals surface area contributed by atoms with Gasteiger partial charge in [0.2, 0.25) is 5.95 Å². The molecule has 0 unspecified atom stereocenters. The number of benzene rings is 1. The second kappa shape index (κ2) is 10.1. The minimum Gasteiger partial charge on any atom is -0.361 e. The van der Waals surface area contributed by atoms with Crippen molar-refractivity contribution in [2.24, 2.45) is 0 Å². The van der Waals surface area contributed by atoms with E-state index in [1.807, 2.05) is 50.4 Å². The van der Waals surface area contributed by atoms with Crippen LogP contribution >= 0.6 is 0 Å². The molecule has 0 saturated heterocycles. The van der Waals surface area contributed by atoms with Crippen molar-refractivity contribution in [1.82, 2.24) is 24.6 Å². The number of halogens is 2. The summed E-state index contributed by atoms with van der Waals surface area (Å²) in [7, 11) is 2.05. The third-order valence-electron chi connectivity index (χ3n) is 6.07. The third-order valence-corrected chi connectivity index (χ3v) is 6.07. The molecule has 0 radical (unpaired) electrons. The largest absolute Gasteiger partial charge is 0.361 e. The van der Waals surface area contributed by atoms with E-state index in [4.69, 9.17) is 0 Å². The molecule has 2 aliphatic heterocycles. The fourth-order valence-electron chi connectivity index (χ4n) is 4.38. The number of hydrogen-bond acceptors (Lipinski definition) is 7. The molecule has 5 rings (SSSR count). The maximum absolute atomic E-state index is 15.0. The van der Waals surface area contributed by atoms with Crippen LogP contribution in [-0.4, -0.2) is 56.6 Å². The summed E-state index contributed by atoms with van der Waals surface area (Å²) in [5, 5.41) is 7.55. The molecule has 8 nitrogen and oxygen atoms in total. The zero-order chi connectivity index (χ0) is 25.3. The summed E-state index contributed by atoms with van der Waals surface area (Å²) >= 11 is 0. The maximum Gasteiger partial charge on any atom is 0.229 e. The lowest BCUT2D eigenvalue weighted by molar-refractivity contribution is -0.117. The number of likely N-dealkylation sites (N-methyl/N-ethyl adjacent to an activating group) is 1. The van der Waals surface area contributed by atoms with Crippen molar-refractivity contribution in [3.05, 3.63) is 47.3 Å². The molecule has 186 valence electrons. The molecule has 1 N–H and O–H groups in total. The highest BCUT2D eigenvalue weighted by atomic mass is 19.1. The first-order valence-corrected chi connectivity index (χ1v) is 11.9. The van der Waals surface area contributed by atoms with E-state index < -0.39 is 11.6 Å². The predicted octanol–water partition coefficient (Wildman–Crippen LogP) is 4.17. The van der Waals surface area contributed by atoms with Crippen LogP contribution in [0, 0.1) is 11.6 Å². The van der Waals surface area contributed by atoms with Crippen LogP contribution in [0.2, 0.25) is 0 Å². The normalized spacial score (nSPS) is 15.4. The Morgan fingerprint density at radius 2 is 1.83 bits per heavy atom. The lowest BCUT2D eigenvalue weighted by atomic mass is 9.96. The van der Waals surface area contributed by atoms with Crippen LogP contribution in [0.5, 0.6) is 0 Å². The zero-order valence-electron chi connectivity index (χ0n) is 20.8. The smallest absolute Gasteiger partial charge is 0.229 e. The molecule has 2 aromatic heterocycles. The number of Topliss-reactive ketones (excluding diaryl/α,β-unsaturated/α-hetero) is 1. The zero-order valence-corrected chi connectivity index (χ0v) is 20.8. The maximum atomic E-state index is 15.0. The summed E-state index contributed by atoms with van der Waals surface area (Å²) < 4.78 is 31.7. The van der Waals surface area contributed by atoms with Gasteiger partial charge in [-0.25, -0.2) is 18.7 Å². The first-order chi connectivity index (χ1) is 16.8. The molecule has 0 saturated carbocycles. The van der Waals surface area contributed by atoms with Crippen molar-refractivity contribution >= 4 is 23.2 Å². The van der Waals surface area contributed by atoms with Gasteiger partial charge in [0.15, 0.2) is 17.4 Å². The molecular formula is C25H31F2N7O. The molecule has 0 bridgehead atoms. The third kappa shape index (κ3) is 5.02. The van der Waals surface area contributed by atoms with Crippen molar-refractivity contribution in [2.75, 3.05) is 30.4 Å². The molecule has 0 spiro atoms. The van der Waals surface area contributed by atoms with Crippen LogP contribution in [-0.2, 0) is 24.3 Å². The Labute approximate surface area is 204 Å². The molecule has 0 amide bonds. The van der Waals surface area contributed by atoms with E-state index in [9.17, 15) is 13.6 Å². The van der Waals surface area contributed by atoms with Gasteiger partial charge >= 0.3 is 0 Å². The summed E-state index contributed by atoms with van der Waals surface area (Å²) in [6, 6.07) is 4.83. The van der Waals surface area contributed by atoms with Crippen LogP contribution in [0.15, 0.2) is 24.4 Å². The Balaban J connectivity index is 0.00000141. The average molecular weight is 484 g/mol. The molecule has 1 aromatic carbocycles. The molecule has 4 heterocycles. The van der Waals surface area contributed by atoms with E-state index in [0.717, 1.165) is 31.5 Å². The second-order valence-corrected chi connectivity index (χ2v) is 8.89. The van der Waals surface area contributed by atoms with Crippen molar-refractivity contribution in [3.8, 4) is 11.3 Å². The van der Waals surface area contributed by atoms with Crippen molar-refractivity contribution in [2.45, 2.75) is 53.2 Å². The number of carbonyl (C=O) groups excluding carboxylic acids is 1. The van der Waals surface area contributed by atoms with E-state index in [2.05, 4.69) is 25.3 Å². The summed E-state index contributed by atoms with van der Waals surface area (Å²) in [5.41, 5.74) is 2.27. The molecule has 10 heteroatoms. The van der Waals surface area contributed by atoms with E-state index in [1.165, 1.54) is 6.07 Å². The number of aromatic nitrogens is 4. The van der Waals surface area contributed by atoms with E-state index in [-0.39, 0.29) is 36.4 Å². The Hall–Kier alpha value is -3.40. The van der Waals surface area contributed by atoms with Gasteiger partial charge in [0.25, 0.3) is 0 Å². The topological polar surface area (TPSA) is 79.2 Å². The summed E-state index contributed by atoms with van der Waals surface area (Å²) in [6.45, 7) is 10.5. The molecule has 0 aliphatic carbocycles. The van der Waals surface area contributed by atoms with Crippen LogP contribution in [0.25, 0.3) is 11.3 Å². The Kier molecular flexibility index (Phi) is 7.11. The van der Waals surface area contributed by atoms with Gasteiger partial charge in [-0.3, -0.25) is 14.4 Å². The lowest BCUT2D eigenvalue weighted by Crippen LogP contribution is -2.40. The molecular weight excluding hydrogens is 452 g/mol. The monoisotopic (exact) mass is 483 g/mol. The number of anilines is 3. The highest BCUT2D eigenvalue weighted by Crippen LogP contribution is 2.35. The number of rotatable bonds is 4. The number of carbonyl (C=O) groups is 1. The van der Waals surface area contributed by atoms with E-state index >= 15 is 0 Å². The van der Waals surface area contributed by atoms with Crippen LogP contribution in [0.1, 0.15) is 39.0 Å².